The Bertz CT molecular complexity index is 854. The second kappa shape index (κ2) is 8.44. The molecule has 0 radical (unpaired) electrons. The average Bonchev–Trinajstić information content (AvgIpc) is 2.68. The van der Waals surface area contributed by atoms with Crippen molar-refractivity contribution in [1.29, 1.82) is 0 Å². The molecule has 0 bridgehead atoms. The van der Waals surface area contributed by atoms with Crippen LogP contribution in [-0.2, 0) is 10.3 Å². The summed E-state index contributed by atoms with van der Waals surface area (Å²) < 4.78 is 20.6. The Morgan fingerprint density at radius 3 is 2.38 bits per heavy atom. The molecule has 2 aromatic carbocycles. The third-order valence-corrected chi connectivity index (χ3v) is 6.31. The predicted molar refractivity (Wildman–Crippen MR) is 116 cm³/mol. The molecule has 2 aromatic rings. The van der Waals surface area contributed by atoms with Gasteiger partial charge in [-0.25, -0.2) is 9.18 Å². The first-order valence-electron chi connectivity index (χ1n) is 9.87. The monoisotopic (exact) mass is 462 g/mol. The smallest absolute Gasteiger partial charge is 0.411 e. The van der Waals surface area contributed by atoms with E-state index in [0.717, 1.165) is 15.6 Å². The van der Waals surface area contributed by atoms with E-state index in [1.165, 1.54) is 12.1 Å². The number of nitrogens with zero attached hydrogens (tertiary/aromatic N) is 1. The van der Waals surface area contributed by atoms with Gasteiger partial charge in [-0.15, -0.1) is 0 Å². The van der Waals surface area contributed by atoms with E-state index in [2.05, 4.69) is 29.8 Å². The third-order valence-electron chi connectivity index (χ3n) is 5.78. The molecule has 156 valence electrons. The second-order valence-electron chi connectivity index (χ2n) is 8.59. The minimum Gasteiger partial charge on any atom is -0.438 e. The Morgan fingerprint density at radius 1 is 1.21 bits per heavy atom. The average molecular weight is 463 g/mol. The highest BCUT2D eigenvalue weighted by Crippen LogP contribution is 2.44. The van der Waals surface area contributed by atoms with Crippen LogP contribution in [0.5, 0.6) is 0 Å². The SMILES string of the molecule is C[C@@H](c1ccc(Br)cc1)N1CC[C@](CC(C)(C)CN)(c2ccc(F)cc2)OC1=O. The Kier molecular flexibility index (Phi) is 6.34. The molecule has 3 rings (SSSR count). The van der Waals surface area contributed by atoms with Crippen LogP contribution in [0.1, 0.15) is 50.8 Å². The summed E-state index contributed by atoms with van der Waals surface area (Å²) in [5.74, 6) is -0.311. The maximum Gasteiger partial charge on any atom is 0.411 e. The van der Waals surface area contributed by atoms with Gasteiger partial charge in [0.1, 0.15) is 11.4 Å². The fourth-order valence-electron chi connectivity index (χ4n) is 3.97. The number of carbonyl (C=O) groups excluding carboxylic acids is 1. The quantitative estimate of drug-likeness (QED) is 0.593. The van der Waals surface area contributed by atoms with Crippen molar-refractivity contribution >= 4 is 22.0 Å². The molecule has 2 atom stereocenters. The van der Waals surface area contributed by atoms with Crippen molar-refractivity contribution < 1.29 is 13.9 Å². The van der Waals surface area contributed by atoms with Gasteiger partial charge in [0.25, 0.3) is 0 Å². The molecule has 0 unspecified atom stereocenters. The Hall–Kier alpha value is -1.92. The predicted octanol–water partition coefficient (Wildman–Crippen LogP) is 5.76. The van der Waals surface area contributed by atoms with Gasteiger partial charge in [-0.05, 0) is 60.7 Å². The van der Waals surface area contributed by atoms with Crippen LogP contribution in [0.3, 0.4) is 0 Å². The third kappa shape index (κ3) is 4.81. The van der Waals surface area contributed by atoms with Crippen LogP contribution < -0.4 is 5.73 Å². The van der Waals surface area contributed by atoms with Crippen LogP contribution in [0.2, 0.25) is 0 Å². The lowest BCUT2D eigenvalue weighted by atomic mass is 9.74. The first kappa shape index (κ1) is 21.8. The van der Waals surface area contributed by atoms with Gasteiger partial charge in [0, 0.05) is 17.4 Å². The molecular weight excluding hydrogens is 435 g/mol. The summed E-state index contributed by atoms with van der Waals surface area (Å²) in [5, 5.41) is 0. The highest BCUT2D eigenvalue weighted by Gasteiger charge is 2.46. The number of hydrogen-bond acceptors (Lipinski definition) is 3. The van der Waals surface area contributed by atoms with Gasteiger partial charge in [0.15, 0.2) is 0 Å². The molecule has 6 heteroatoms. The molecule has 0 aliphatic carbocycles. The lowest BCUT2D eigenvalue weighted by molar-refractivity contribution is -0.0815. The number of hydrogen-bond donors (Lipinski definition) is 1. The van der Waals surface area contributed by atoms with Crippen LogP contribution in [0.4, 0.5) is 9.18 Å². The molecule has 1 fully saturated rings. The largest absolute Gasteiger partial charge is 0.438 e. The van der Waals surface area contributed by atoms with E-state index in [1.807, 2.05) is 31.2 Å². The summed E-state index contributed by atoms with van der Waals surface area (Å²) >= 11 is 3.44. The molecule has 0 spiro atoms. The molecule has 0 aromatic heterocycles. The standard InChI is InChI=1S/C23H28BrFN2O2/c1-16(17-4-8-19(24)9-5-17)27-13-12-23(29-21(27)28,14-22(2,3)15-26)18-6-10-20(25)11-7-18/h4-11,16H,12-15,26H2,1-3H3/t16-,23-/m0/s1. The molecular formula is C23H28BrFN2O2. The van der Waals surface area contributed by atoms with Crippen molar-refractivity contribution in [2.75, 3.05) is 13.1 Å². The molecule has 0 saturated carbocycles. The number of carbonyl (C=O) groups is 1. The fraction of sp³-hybridized carbons (Fsp3) is 0.435. The van der Waals surface area contributed by atoms with Crippen LogP contribution in [-0.4, -0.2) is 24.1 Å². The van der Waals surface area contributed by atoms with Crippen LogP contribution in [0, 0.1) is 11.2 Å². The van der Waals surface area contributed by atoms with Crippen LogP contribution in [0.15, 0.2) is 53.0 Å². The zero-order chi connectivity index (χ0) is 21.2. The molecule has 29 heavy (non-hydrogen) atoms. The minimum absolute atomic E-state index is 0.107. The Labute approximate surface area is 180 Å². The summed E-state index contributed by atoms with van der Waals surface area (Å²) in [5.41, 5.74) is 6.78. The van der Waals surface area contributed by atoms with Crippen LogP contribution in [0.25, 0.3) is 0 Å². The van der Waals surface area contributed by atoms with Crippen LogP contribution >= 0.6 is 15.9 Å². The summed E-state index contributed by atoms with van der Waals surface area (Å²) in [7, 11) is 0. The summed E-state index contributed by atoms with van der Waals surface area (Å²) in [6.45, 7) is 7.13. The highest BCUT2D eigenvalue weighted by atomic mass is 79.9. The first-order chi connectivity index (χ1) is 13.7. The van der Waals surface area contributed by atoms with E-state index in [4.69, 9.17) is 10.5 Å². The lowest BCUT2D eigenvalue weighted by Crippen LogP contribution is -2.50. The second-order valence-corrected chi connectivity index (χ2v) is 9.50. The number of rotatable bonds is 6. The summed E-state index contributed by atoms with van der Waals surface area (Å²) in [6, 6.07) is 14.1. The normalized spacial score (nSPS) is 21.0. The van der Waals surface area contributed by atoms with Gasteiger partial charge < -0.3 is 15.4 Å². The van der Waals surface area contributed by atoms with Gasteiger partial charge >= 0.3 is 6.09 Å². The molecule has 4 nitrogen and oxygen atoms in total. The number of cyclic esters (lactones) is 1. The zero-order valence-corrected chi connectivity index (χ0v) is 18.7. The number of benzene rings is 2. The maximum atomic E-state index is 13.5. The van der Waals surface area contributed by atoms with Crippen molar-refractivity contribution in [2.24, 2.45) is 11.1 Å². The molecule has 1 heterocycles. The molecule has 1 amide bonds. The van der Waals surface area contributed by atoms with Crippen molar-refractivity contribution in [3.8, 4) is 0 Å². The van der Waals surface area contributed by atoms with E-state index >= 15 is 0 Å². The van der Waals surface area contributed by atoms with Gasteiger partial charge in [0.2, 0.25) is 0 Å². The van der Waals surface area contributed by atoms with E-state index in [9.17, 15) is 9.18 Å². The Morgan fingerprint density at radius 2 is 1.83 bits per heavy atom. The van der Waals surface area contributed by atoms with Gasteiger partial charge in [-0.3, -0.25) is 0 Å². The molecule has 1 aliphatic rings. The van der Waals surface area contributed by atoms with Crippen molar-refractivity contribution in [3.05, 3.63) is 69.9 Å². The summed E-state index contributed by atoms with van der Waals surface area (Å²) in [6.07, 6.45) is 0.840. The molecule has 1 saturated heterocycles. The number of nitrogens with two attached hydrogens (primary N) is 1. The van der Waals surface area contributed by atoms with Crippen molar-refractivity contribution in [2.45, 2.75) is 45.3 Å². The number of halogens is 2. The minimum atomic E-state index is -0.816. The number of amides is 1. The van der Waals surface area contributed by atoms with Gasteiger partial charge in [0.05, 0.1) is 6.04 Å². The molecule has 2 N–H and O–H groups in total. The van der Waals surface area contributed by atoms with Crippen molar-refractivity contribution in [1.82, 2.24) is 4.90 Å². The summed E-state index contributed by atoms with van der Waals surface area (Å²) in [4.78, 5) is 14.8. The highest BCUT2D eigenvalue weighted by molar-refractivity contribution is 9.10. The van der Waals surface area contributed by atoms with Crippen molar-refractivity contribution in [3.63, 3.8) is 0 Å². The van der Waals surface area contributed by atoms with E-state index in [-0.39, 0.29) is 23.4 Å². The van der Waals surface area contributed by atoms with Gasteiger partial charge in [-0.2, -0.15) is 0 Å². The van der Waals surface area contributed by atoms with E-state index in [0.29, 0.717) is 25.9 Å². The Balaban J connectivity index is 1.88. The van der Waals surface area contributed by atoms with E-state index < -0.39 is 5.60 Å². The molecule has 1 aliphatic heterocycles. The zero-order valence-electron chi connectivity index (χ0n) is 17.1. The number of ether oxygens (including phenoxy) is 1. The van der Waals surface area contributed by atoms with E-state index in [1.54, 1.807) is 17.0 Å². The maximum absolute atomic E-state index is 13.5. The fourth-order valence-corrected chi connectivity index (χ4v) is 4.24. The first-order valence-corrected chi connectivity index (χ1v) is 10.7. The lowest BCUT2D eigenvalue weighted by Gasteiger charge is -2.46. The van der Waals surface area contributed by atoms with Gasteiger partial charge in [-0.1, -0.05) is 54.0 Å². The topological polar surface area (TPSA) is 55.6 Å².